The maximum absolute atomic E-state index is 12.5. The Hall–Kier alpha value is -1.92. The van der Waals surface area contributed by atoms with Gasteiger partial charge in [0.1, 0.15) is 18.5 Å². The highest BCUT2D eigenvalue weighted by Gasteiger charge is 2.30. The molecule has 0 saturated heterocycles. The van der Waals surface area contributed by atoms with Gasteiger partial charge in [-0.1, -0.05) is 6.92 Å². The zero-order valence-electron chi connectivity index (χ0n) is 11.6. The molecule has 116 valence electrons. The largest absolute Gasteiger partial charge is 0.490 e. The van der Waals surface area contributed by atoms with Gasteiger partial charge in [-0.05, 0) is 30.7 Å². The minimum atomic E-state index is -4.34. The van der Waals surface area contributed by atoms with Crippen molar-refractivity contribution < 1.29 is 22.6 Å². The first-order chi connectivity index (χ1) is 9.88. The van der Waals surface area contributed by atoms with Gasteiger partial charge in [0.25, 0.3) is 6.02 Å². The molecule has 21 heavy (non-hydrogen) atoms. The number of aliphatic imine (C=N–C) groups is 1. The van der Waals surface area contributed by atoms with Crippen LogP contribution in [0.2, 0.25) is 0 Å². The highest BCUT2D eigenvalue weighted by Crippen LogP contribution is 2.30. The van der Waals surface area contributed by atoms with E-state index in [1.807, 2.05) is 6.92 Å². The van der Waals surface area contributed by atoms with Crippen LogP contribution in [0.1, 0.15) is 25.3 Å². The summed E-state index contributed by atoms with van der Waals surface area (Å²) in [5.74, 6) is 0.408. The fourth-order valence-electron chi connectivity index (χ4n) is 2.07. The number of benzene rings is 1. The third-order valence-corrected chi connectivity index (χ3v) is 3.21. The predicted octanol–water partition coefficient (Wildman–Crippen LogP) is 2.97. The first-order valence-electron chi connectivity index (χ1n) is 6.68. The van der Waals surface area contributed by atoms with E-state index in [1.54, 1.807) is 0 Å². The molecule has 0 amide bonds. The average Bonchev–Trinajstić information content (AvgIpc) is 2.83. The zero-order chi connectivity index (χ0) is 15.5. The van der Waals surface area contributed by atoms with Gasteiger partial charge in [-0.2, -0.15) is 13.2 Å². The van der Waals surface area contributed by atoms with Crippen molar-refractivity contribution in [2.24, 2.45) is 10.7 Å². The Balaban J connectivity index is 1.95. The van der Waals surface area contributed by atoms with Crippen molar-refractivity contribution >= 4 is 6.02 Å². The Kier molecular flexibility index (Phi) is 4.59. The van der Waals surface area contributed by atoms with E-state index in [-0.39, 0.29) is 18.2 Å². The quantitative estimate of drug-likeness (QED) is 0.909. The number of nitrogens with two attached hydrogens (primary N) is 1. The molecule has 0 bridgehead atoms. The van der Waals surface area contributed by atoms with Crippen molar-refractivity contribution in [2.45, 2.75) is 38.1 Å². The Bertz CT molecular complexity index is 500. The van der Waals surface area contributed by atoms with E-state index in [0.29, 0.717) is 25.2 Å². The summed E-state index contributed by atoms with van der Waals surface area (Å²) in [7, 11) is 0. The lowest BCUT2D eigenvalue weighted by Crippen LogP contribution is -2.22. The highest BCUT2D eigenvalue weighted by molar-refractivity contribution is 5.73. The van der Waals surface area contributed by atoms with Crippen LogP contribution < -0.4 is 10.5 Å². The summed E-state index contributed by atoms with van der Waals surface area (Å²) < 4.78 is 48.2. The molecule has 1 aliphatic heterocycles. The molecule has 0 aliphatic carbocycles. The van der Waals surface area contributed by atoms with Crippen molar-refractivity contribution in [3.8, 4) is 5.75 Å². The number of ether oxygens (including phenoxy) is 2. The third kappa shape index (κ3) is 4.27. The fraction of sp³-hybridized carbons (Fsp3) is 0.500. The van der Waals surface area contributed by atoms with E-state index < -0.39 is 11.7 Å². The van der Waals surface area contributed by atoms with Crippen molar-refractivity contribution in [1.29, 1.82) is 0 Å². The van der Waals surface area contributed by atoms with Gasteiger partial charge in [-0.25, -0.2) is 4.99 Å². The predicted molar refractivity (Wildman–Crippen MR) is 72.1 cm³/mol. The Morgan fingerprint density at radius 2 is 2.05 bits per heavy atom. The number of alkyl halides is 3. The maximum Gasteiger partial charge on any atom is 0.416 e. The average molecular weight is 302 g/mol. The summed E-state index contributed by atoms with van der Waals surface area (Å²) >= 11 is 0. The van der Waals surface area contributed by atoms with Crippen LogP contribution in [0.5, 0.6) is 5.75 Å². The molecule has 1 aromatic carbocycles. The molecule has 1 unspecified atom stereocenters. The summed E-state index contributed by atoms with van der Waals surface area (Å²) in [6.45, 7) is 2.36. The molecule has 0 fully saturated rings. The molecule has 7 heteroatoms. The summed E-state index contributed by atoms with van der Waals surface area (Å²) in [4.78, 5) is 4.11. The molecule has 2 N–H and O–H groups in total. The zero-order valence-corrected chi connectivity index (χ0v) is 11.6. The Morgan fingerprint density at radius 1 is 1.38 bits per heavy atom. The molecule has 0 radical (unpaired) electrons. The van der Waals surface area contributed by atoms with Gasteiger partial charge in [-0.3, -0.25) is 0 Å². The van der Waals surface area contributed by atoms with Gasteiger partial charge < -0.3 is 15.2 Å². The van der Waals surface area contributed by atoms with Gasteiger partial charge >= 0.3 is 6.18 Å². The van der Waals surface area contributed by atoms with Crippen LogP contribution in [0.3, 0.4) is 0 Å². The SMILES string of the molecule is CCC(C[C@H]1COC(N)=N1)Oc1ccc(C(F)(F)F)cc1. The standard InChI is InChI=1S/C14H17F3N2O2/c1-2-11(7-10-8-20-13(18)19-10)21-12-5-3-9(4-6-12)14(15,16)17/h3-6,10-11H,2,7-8H2,1H3,(H2,18,19)/t10-,11?/m0/s1. The number of halogens is 3. The van der Waals surface area contributed by atoms with Crippen LogP contribution in [0.25, 0.3) is 0 Å². The van der Waals surface area contributed by atoms with Crippen LogP contribution in [0.15, 0.2) is 29.3 Å². The summed E-state index contributed by atoms with van der Waals surface area (Å²) in [6, 6.07) is 4.78. The second kappa shape index (κ2) is 6.24. The van der Waals surface area contributed by atoms with E-state index in [1.165, 1.54) is 12.1 Å². The van der Waals surface area contributed by atoms with E-state index in [0.717, 1.165) is 12.1 Å². The Labute approximate surface area is 120 Å². The molecule has 2 rings (SSSR count). The van der Waals surface area contributed by atoms with E-state index in [9.17, 15) is 13.2 Å². The number of amidine groups is 1. The number of hydrogen-bond acceptors (Lipinski definition) is 4. The van der Waals surface area contributed by atoms with Gasteiger partial charge in [0.2, 0.25) is 0 Å². The smallest absolute Gasteiger partial charge is 0.416 e. The molecule has 1 heterocycles. The lowest BCUT2D eigenvalue weighted by molar-refractivity contribution is -0.137. The molecule has 1 aromatic rings. The van der Waals surface area contributed by atoms with E-state index >= 15 is 0 Å². The van der Waals surface area contributed by atoms with Gasteiger partial charge in [-0.15, -0.1) is 0 Å². The van der Waals surface area contributed by atoms with E-state index in [4.69, 9.17) is 15.2 Å². The van der Waals surface area contributed by atoms with Crippen molar-refractivity contribution in [2.75, 3.05) is 6.61 Å². The van der Waals surface area contributed by atoms with Crippen LogP contribution in [-0.2, 0) is 10.9 Å². The summed E-state index contributed by atoms with van der Waals surface area (Å²) in [5, 5.41) is 0. The van der Waals surface area contributed by atoms with Crippen LogP contribution >= 0.6 is 0 Å². The van der Waals surface area contributed by atoms with Gasteiger partial charge in [0.05, 0.1) is 11.6 Å². The molecular formula is C14H17F3N2O2. The minimum absolute atomic E-state index is 0.0654. The van der Waals surface area contributed by atoms with Crippen molar-refractivity contribution in [3.63, 3.8) is 0 Å². The topological polar surface area (TPSA) is 56.8 Å². The first kappa shape index (κ1) is 15.5. The molecular weight excluding hydrogens is 285 g/mol. The lowest BCUT2D eigenvalue weighted by Gasteiger charge is -2.19. The summed E-state index contributed by atoms with van der Waals surface area (Å²) in [5.41, 5.74) is 4.74. The van der Waals surface area contributed by atoms with Crippen molar-refractivity contribution in [3.05, 3.63) is 29.8 Å². The number of nitrogens with zero attached hydrogens (tertiary/aromatic N) is 1. The third-order valence-electron chi connectivity index (χ3n) is 3.21. The molecule has 4 nitrogen and oxygen atoms in total. The van der Waals surface area contributed by atoms with Gasteiger partial charge in [0, 0.05) is 6.42 Å². The molecule has 0 saturated carbocycles. The summed E-state index contributed by atoms with van der Waals surface area (Å²) in [6.07, 6.45) is -3.16. The minimum Gasteiger partial charge on any atom is -0.490 e. The molecule has 0 spiro atoms. The number of rotatable bonds is 5. The van der Waals surface area contributed by atoms with Crippen LogP contribution in [0, 0.1) is 0 Å². The Morgan fingerprint density at radius 3 is 2.52 bits per heavy atom. The van der Waals surface area contributed by atoms with Crippen LogP contribution in [-0.4, -0.2) is 24.8 Å². The normalized spacial score (nSPS) is 19.8. The fourth-order valence-corrected chi connectivity index (χ4v) is 2.07. The highest BCUT2D eigenvalue weighted by atomic mass is 19.4. The van der Waals surface area contributed by atoms with Crippen molar-refractivity contribution in [1.82, 2.24) is 0 Å². The number of hydrogen-bond donors (Lipinski definition) is 1. The molecule has 1 aliphatic rings. The van der Waals surface area contributed by atoms with Gasteiger partial charge in [0.15, 0.2) is 0 Å². The monoisotopic (exact) mass is 302 g/mol. The molecule has 2 atom stereocenters. The second-order valence-corrected chi connectivity index (χ2v) is 4.84. The lowest BCUT2D eigenvalue weighted by atomic mass is 10.1. The molecule has 0 aromatic heterocycles. The second-order valence-electron chi connectivity index (χ2n) is 4.84. The van der Waals surface area contributed by atoms with Crippen LogP contribution in [0.4, 0.5) is 13.2 Å². The first-order valence-corrected chi connectivity index (χ1v) is 6.68. The maximum atomic E-state index is 12.5. The van der Waals surface area contributed by atoms with E-state index in [2.05, 4.69) is 4.99 Å².